The first-order chi connectivity index (χ1) is 9.71. The van der Waals surface area contributed by atoms with E-state index in [0.29, 0.717) is 6.04 Å². The minimum absolute atomic E-state index is 0.0639. The fraction of sp³-hybridized carbons (Fsp3) is 0.562. The van der Waals surface area contributed by atoms with Crippen molar-refractivity contribution in [3.8, 4) is 5.75 Å². The van der Waals surface area contributed by atoms with Gasteiger partial charge in [-0.15, -0.1) is 0 Å². The van der Waals surface area contributed by atoms with Crippen molar-refractivity contribution in [2.45, 2.75) is 37.3 Å². The zero-order chi connectivity index (χ0) is 14.2. The van der Waals surface area contributed by atoms with Gasteiger partial charge in [-0.3, -0.25) is 9.69 Å². The monoisotopic (exact) mass is 275 g/mol. The maximum absolute atomic E-state index is 12.2. The van der Waals surface area contributed by atoms with Crippen LogP contribution in [0.15, 0.2) is 24.3 Å². The van der Waals surface area contributed by atoms with Gasteiger partial charge in [-0.2, -0.15) is 0 Å². The van der Waals surface area contributed by atoms with Gasteiger partial charge in [0.1, 0.15) is 11.3 Å². The summed E-state index contributed by atoms with van der Waals surface area (Å²) in [6.45, 7) is 0.978. The number of benzene rings is 1. The van der Waals surface area contributed by atoms with E-state index in [9.17, 15) is 4.79 Å². The average molecular weight is 275 g/mol. The molecule has 0 saturated carbocycles. The molecule has 0 amide bonds. The Labute approximate surface area is 119 Å². The van der Waals surface area contributed by atoms with Crippen LogP contribution in [0.3, 0.4) is 0 Å². The van der Waals surface area contributed by atoms with Crippen LogP contribution in [-0.2, 0) is 9.53 Å². The van der Waals surface area contributed by atoms with Crippen molar-refractivity contribution in [3.63, 3.8) is 0 Å². The summed E-state index contributed by atoms with van der Waals surface area (Å²) >= 11 is 0. The third-order valence-electron chi connectivity index (χ3n) is 4.81. The number of carbonyl (C=O) groups excluding carboxylic acids is 1. The predicted octanol–water partition coefficient (Wildman–Crippen LogP) is 2.54. The fourth-order valence-electron chi connectivity index (χ4n) is 3.84. The van der Waals surface area contributed by atoms with Gasteiger partial charge < -0.3 is 9.47 Å². The van der Waals surface area contributed by atoms with Crippen molar-refractivity contribution in [1.29, 1.82) is 0 Å². The molecule has 2 fully saturated rings. The first-order valence-corrected chi connectivity index (χ1v) is 7.20. The van der Waals surface area contributed by atoms with Crippen molar-refractivity contribution in [2.75, 3.05) is 20.8 Å². The Hall–Kier alpha value is -1.55. The molecule has 1 aromatic carbocycles. The highest BCUT2D eigenvalue weighted by molar-refractivity contribution is 5.81. The van der Waals surface area contributed by atoms with Crippen molar-refractivity contribution >= 4 is 5.97 Å². The molecular weight excluding hydrogens is 254 g/mol. The van der Waals surface area contributed by atoms with E-state index >= 15 is 0 Å². The van der Waals surface area contributed by atoms with Crippen molar-refractivity contribution in [3.05, 3.63) is 29.8 Å². The quantitative estimate of drug-likeness (QED) is 0.795. The number of methoxy groups -OCH3 is 2. The molecule has 2 atom stereocenters. The highest BCUT2D eigenvalue weighted by Gasteiger charge is 2.55. The van der Waals surface area contributed by atoms with Gasteiger partial charge in [-0.25, -0.2) is 0 Å². The third kappa shape index (κ3) is 1.90. The van der Waals surface area contributed by atoms with E-state index in [-0.39, 0.29) is 11.5 Å². The molecule has 0 aromatic heterocycles. The lowest BCUT2D eigenvalue weighted by Crippen LogP contribution is -2.47. The SMILES string of the molecule is COC(=O)C12CCCN1C(c1ccc(OC)cc1)CC2. The summed E-state index contributed by atoms with van der Waals surface area (Å²) in [5.74, 6) is 0.804. The normalized spacial score (nSPS) is 29.2. The molecule has 0 radical (unpaired) electrons. The molecule has 4 nitrogen and oxygen atoms in total. The van der Waals surface area contributed by atoms with Crippen LogP contribution in [-0.4, -0.2) is 37.2 Å². The zero-order valence-corrected chi connectivity index (χ0v) is 12.1. The number of fused-ring (bicyclic) bond motifs is 1. The van der Waals surface area contributed by atoms with E-state index in [1.54, 1.807) is 7.11 Å². The second-order valence-electron chi connectivity index (χ2n) is 5.65. The van der Waals surface area contributed by atoms with E-state index in [1.165, 1.54) is 12.7 Å². The Morgan fingerprint density at radius 2 is 2.00 bits per heavy atom. The van der Waals surface area contributed by atoms with Crippen LogP contribution in [0.1, 0.15) is 37.3 Å². The summed E-state index contributed by atoms with van der Waals surface area (Å²) in [7, 11) is 3.17. The molecule has 0 N–H and O–H groups in total. The van der Waals surface area contributed by atoms with Crippen molar-refractivity contribution in [2.24, 2.45) is 0 Å². The average Bonchev–Trinajstić information content (AvgIpc) is 3.06. The molecule has 1 aromatic rings. The standard InChI is InChI=1S/C16H21NO3/c1-19-13-6-4-12(5-7-13)14-8-10-16(15(18)20-2)9-3-11-17(14)16/h4-7,14H,3,8-11H2,1-2H3. The van der Waals surface area contributed by atoms with E-state index in [2.05, 4.69) is 17.0 Å². The van der Waals surface area contributed by atoms with Crippen LogP contribution >= 0.6 is 0 Å². The number of esters is 1. The molecule has 2 heterocycles. The first-order valence-electron chi connectivity index (χ1n) is 7.20. The lowest BCUT2D eigenvalue weighted by Gasteiger charge is -2.32. The second-order valence-corrected chi connectivity index (χ2v) is 5.65. The fourth-order valence-corrected chi connectivity index (χ4v) is 3.84. The van der Waals surface area contributed by atoms with Gasteiger partial charge >= 0.3 is 5.97 Å². The predicted molar refractivity (Wildman–Crippen MR) is 75.7 cm³/mol. The molecular formula is C16H21NO3. The van der Waals surface area contributed by atoms with Crippen LogP contribution in [0.25, 0.3) is 0 Å². The minimum Gasteiger partial charge on any atom is -0.497 e. The molecule has 108 valence electrons. The number of ether oxygens (including phenoxy) is 2. The molecule has 2 unspecified atom stereocenters. The highest BCUT2D eigenvalue weighted by Crippen LogP contribution is 2.49. The van der Waals surface area contributed by atoms with Crippen LogP contribution in [0.2, 0.25) is 0 Å². The Morgan fingerprint density at radius 1 is 1.25 bits per heavy atom. The Kier molecular flexibility index (Phi) is 3.42. The Bertz CT molecular complexity index is 499. The molecule has 4 heteroatoms. The second kappa shape index (κ2) is 5.09. The molecule has 20 heavy (non-hydrogen) atoms. The summed E-state index contributed by atoms with van der Waals surface area (Å²) in [6, 6.07) is 8.51. The topological polar surface area (TPSA) is 38.8 Å². The van der Waals surface area contributed by atoms with Gasteiger partial charge in [0, 0.05) is 6.04 Å². The molecule has 0 spiro atoms. The van der Waals surface area contributed by atoms with Gasteiger partial charge in [-0.1, -0.05) is 12.1 Å². The largest absolute Gasteiger partial charge is 0.497 e. The van der Waals surface area contributed by atoms with E-state index in [0.717, 1.165) is 38.0 Å². The van der Waals surface area contributed by atoms with Crippen molar-refractivity contribution in [1.82, 2.24) is 4.90 Å². The summed E-state index contributed by atoms with van der Waals surface area (Å²) in [6.07, 6.45) is 3.91. The van der Waals surface area contributed by atoms with E-state index < -0.39 is 0 Å². The molecule has 0 aliphatic carbocycles. The van der Waals surface area contributed by atoms with Crippen molar-refractivity contribution < 1.29 is 14.3 Å². The smallest absolute Gasteiger partial charge is 0.326 e. The number of rotatable bonds is 3. The van der Waals surface area contributed by atoms with Gasteiger partial charge in [-0.05, 0) is 49.9 Å². The molecule has 0 bridgehead atoms. The highest BCUT2D eigenvalue weighted by atomic mass is 16.5. The maximum atomic E-state index is 12.2. The molecule has 2 aliphatic rings. The molecule has 3 rings (SSSR count). The minimum atomic E-state index is -0.376. The lowest BCUT2D eigenvalue weighted by atomic mass is 9.94. The van der Waals surface area contributed by atoms with Crippen LogP contribution in [0.4, 0.5) is 0 Å². The maximum Gasteiger partial charge on any atom is 0.326 e. The van der Waals surface area contributed by atoms with Crippen LogP contribution in [0.5, 0.6) is 5.75 Å². The number of hydrogen-bond donors (Lipinski definition) is 0. The van der Waals surface area contributed by atoms with Gasteiger partial charge in [0.15, 0.2) is 0 Å². The van der Waals surface area contributed by atoms with Gasteiger partial charge in [0.2, 0.25) is 0 Å². The summed E-state index contributed by atoms with van der Waals surface area (Å²) in [5.41, 5.74) is 0.887. The van der Waals surface area contributed by atoms with Crippen LogP contribution in [0, 0.1) is 0 Å². The number of hydrogen-bond acceptors (Lipinski definition) is 4. The zero-order valence-electron chi connectivity index (χ0n) is 12.1. The first kappa shape index (κ1) is 13.4. The van der Waals surface area contributed by atoms with Gasteiger partial charge in [0.25, 0.3) is 0 Å². The molecule has 2 aliphatic heterocycles. The summed E-state index contributed by atoms with van der Waals surface area (Å²) in [5, 5.41) is 0. The van der Waals surface area contributed by atoms with E-state index in [4.69, 9.17) is 9.47 Å². The Morgan fingerprint density at radius 3 is 2.65 bits per heavy atom. The molecule has 2 saturated heterocycles. The number of nitrogens with zero attached hydrogens (tertiary/aromatic N) is 1. The third-order valence-corrected chi connectivity index (χ3v) is 4.81. The summed E-state index contributed by atoms with van der Waals surface area (Å²) in [4.78, 5) is 14.6. The Balaban J connectivity index is 1.87. The van der Waals surface area contributed by atoms with Gasteiger partial charge in [0.05, 0.1) is 14.2 Å². The van der Waals surface area contributed by atoms with Crippen LogP contribution < -0.4 is 4.74 Å². The summed E-state index contributed by atoms with van der Waals surface area (Å²) < 4.78 is 10.3. The number of carbonyl (C=O) groups is 1. The lowest BCUT2D eigenvalue weighted by molar-refractivity contribution is -0.152. The van der Waals surface area contributed by atoms with E-state index in [1.807, 2.05) is 12.1 Å².